The average molecular weight is 272 g/mol. The molecule has 0 radical (unpaired) electrons. The second kappa shape index (κ2) is 6.07. The Morgan fingerprint density at radius 1 is 1.44 bits per heavy atom. The van der Waals surface area contributed by atoms with Crippen LogP contribution in [0.15, 0.2) is 6.20 Å². The predicted octanol–water partition coefficient (Wildman–Crippen LogP) is 4.02. The molecule has 1 heterocycles. The molecule has 0 saturated heterocycles. The van der Waals surface area contributed by atoms with Crippen molar-refractivity contribution in [3.05, 3.63) is 16.9 Å². The standard InChI is InChI=1S/C14H26ClN3/c1-6-7-18-13(11(15)9-17-18)12(16)8-10(2)14(3,4)5/h9-10,12H,6-8,16H2,1-5H3. The van der Waals surface area contributed by atoms with Gasteiger partial charge in [0.25, 0.3) is 0 Å². The van der Waals surface area contributed by atoms with Gasteiger partial charge in [-0.3, -0.25) is 4.68 Å². The van der Waals surface area contributed by atoms with Crippen molar-refractivity contribution >= 4 is 11.6 Å². The van der Waals surface area contributed by atoms with Gasteiger partial charge in [0, 0.05) is 12.6 Å². The molecule has 4 heteroatoms. The number of nitrogens with zero attached hydrogens (tertiary/aromatic N) is 2. The summed E-state index contributed by atoms with van der Waals surface area (Å²) in [5.74, 6) is 0.536. The minimum Gasteiger partial charge on any atom is -0.323 e. The Kier molecular flexibility index (Phi) is 5.23. The van der Waals surface area contributed by atoms with Crippen LogP contribution in [0.25, 0.3) is 0 Å². The molecule has 0 spiro atoms. The third-order valence-electron chi connectivity index (χ3n) is 3.71. The Hall–Kier alpha value is -0.540. The molecule has 1 rings (SSSR count). The van der Waals surface area contributed by atoms with E-state index in [2.05, 4.69) is 39.7 Å². The van der Waals surface area contributed by atoms with E-state index in [1.807, 2.05) is 4.68 Å². The third kappa shape index (κ3) is 3.72. The fourth-order valence-corrected chi connectivity index (χ4v) is 2.26. The maximum absolute atomic E-state index is 6.32. The zero-order chi connectivity index (χ0) is 13.9. The molecule has 0 aliphatic heterocycles. The van der Waals surface area contributed by atoms with E-state index in [9.17, 15) is 0 Å². The van der Waals surface area contributed by atoms with Crippen molar-refractivity contribution in [3.8, 4) is 0 Å². The lowest BCUT2D eigenvalue weighted by Gasteiger charge is -2.29. The first-order chi connectivity index (χ1) is 8.27. The summed E-state index contributed by atoms with van der Waals surface area (Å²) in [6.45, 7) is 12.0. The van der Waals surface area contributed by atoms with Gasteiger partial charge in [0.2, 0.25) is 0 Å². The van der Waals surface area contributed by atoms with Crippen molar-refractivity contribution in [1.82, 2.24) is 9.78 Å². The van der Waals surface area contributed by atoms with E-state index in [-0.39, 0.29) is 11.5 Å². The minimum atomic E-state index is -0.0409. The van der Waals surface area contributed by atoms with Crippen LogP contribution < -0.4 is 5.73 Å². The lowest BCUT2D eigenvalue weighted by Crippen LogP contribution is -2.25. The zero-order valence-corrected chi connectivity index (χ0v) is 13.0. The van der Waals surface area contributed by atoms with Crippen LogP contribution in [0, 0.1) is 11.3 Å². The molecule has 2 unspecified atom stereocenters. The summed E-state index contributed by atoms with van der Waals surface area (Å²) in [6, 6.07) is -0.0409. The van der Waals surface area contributed by atoms with Gasteiger partial charge in [0.1, 0.15) is 0 Å². The van der Waals surface area contributed by atoms with Crippen molar-refractivity contribution in [2.24, 2.45) is 17.1 Å². The summed E-state index contributed by atoms with van der Waals surface area (Å²) in [6.07, 6.45) is 3.67. The minimum absolute atomic E-state index is 0.0409. The number of aryl methyl sites for hydroxylation is 1. The highest BCUT2D eigenvalue weighted by molar-refractivity contribution is 6.31. The molecule has 18 heavy (non-hydrogen) atoms. The Morgan fingerprint density at radius 2 is 2.06 bits per heavy atom. The maximum atomic E-state index is 6.32. The summed E-state index contributed by atoms with van der Waals surface area (Å²) in [5, 5.41) is 4.99. The van der Waals surface area contributed by atoms with Gasteiger partial charge in [-0.05, 0) is 24.2 Å². The predicted molar refractivity (Wildman–Crippen MR) is 77.7 cm³/mol. The molecule has 0 aromatic carbocycles. The Balaban J connectivity index is 2.83. The number of halogens is 1. The summed E-state index contributed by atoms with van der Waals surface area (Å²) < 4.78 is 1.95. The van der Waals surface area contributed by atoms with E-state index in [0.717, 1.165) is 25.1 Å². The van der Waals surface area contributed by atoms with Crippen molar-refractivity contribution in [3.63, 3.8) is 0 Å². The fourth-order valence-electron chi connectivity index (χ4n) is 1.98. The number of rotatable bonds is 5. The highest BCUT2D eigenvalue weighted by atomic mass is 35.5. The van der Waals surface area contributed by atoms with Gasteiger partial charge in [-0.2, -0.15) is 5.10 Å². The van der Waals surface area contributed by atoms with E-state index in [0.29, 0.717) is 10.9 Å². The van der Waals surface area contributed by atoms with Crippen LogP contribution in [-0.4, -0.2) is 9.78 Å². The molecule has 0 aliphatic rings. The molecular weight excluding hydrogens is 246 g/mol. The Bertz CT molecular complexity index is 379. The van der Waals surface area contributed by atoms with Gasteiger partial charge in [0.05, 0.1) is 16.9 Å². The van der Waals surface area contributed by atoms with Gasteiger partial charge in [-0.15, -0.1) is 0 Å². The summed E-state index contributed by atoms with van der Waals surface area (Å²) >= 11 is 6.21. The molecule has 1 aromatic heterocycles. The number of hydrogen-bond donors (Lipinski definition) is 1. The van der Waals surface area contributed by atoms with Crippen LogP contribution in [0.4, 0.5) is 0 Å². The zero-order valence-electron chi connectivity index (χ0n) is 12.2. The van der Waals surface area contributed by atoms with Crippen LogP contribution in [0.3, 0.4) is 0 Å². The molecule has 3 nitrogen and oxygen atoms in total. The molecule has 0 amide bonds. The van der Waals surface area contributed by atoms with Crippen LogP contribution >= 0.6 is 11.6 Å². The molecule has 0 saturated carbocycles. The van der Waals surface area contributed by atoms with Crippen molar-refractivity contribution in [1.29, 1.82) is 0 Å². The van der Waals surface area contributed by atoms with Crippen LogP contribution in [-0.2, 0) is 6.54 Å². The largest absolute Gasteiger partial charge is 0.323 e. The average Bonchev–Trinajstić information content (AvgIpc) is 2.59. The second-order valence-corrected chi connectivity index (χ2v) is 6.62. The fraction of sp³-hybridized carbons (Fsp3) is 0.786. The highest BCUT2D eigenvalue weighted by Gasteiger charge is 2.25. The van der Waals surface area contributed by atoms with Crippen molar-refractivity contribution in [2.75, 3.05) is 0 Å². The van der Waals surface area contributed by atoms with Gasteiger partial charge < -0.3 is 5.73 Å². The van der Waals surface area contributed by atoms with Gasteiger partial charge in [-0.25, -0.2) is 0 Å². The van der Waals surface area contributed by atoms with E-state index in [1.165, 1.54) is 0 Å². The first-order valence-electron chi connectivity index (χ1n) is 6.74. The highest BCUT2D eigenvalue weighted by Crippen LogP contribution is 2.34. The van der Waals surface area contributed by atoms with Crippen LogP contribution in [0.5, 0.6) is 0 Å². The first-order valence-corrected chi connectivity index (χ1v) is 7.12. The van der Waals surface area contributed by atoms with E-state index in [1.54, 1.807) is 6.20 Å². The third-order valence-corrected chi connectivity index (χ3v) is 4.00. The molecule has 2 atom stereocenters. The van der Waals surface area contributed by atoms with Gasteiger partial charge >= 0.3 is 0 Å². The number of nitrogens with two attached hydrogens (primary N) is 1. The lowest BCUT2D eigenvalue weighted by molar-refractivity contribution is 0.231. The molecule has 1 aromatic rings. The number of aromatic nitrogens is 2. The van der Waals surface area contributed by atoms with Crippen molar-refractivity contribution in [2.45, 2.75) is 60.0 Å². The van der Waals surface area contributed by atoms with E-state index in [4.69, 9.17) is 17.3 Å². The van der Waals surface area contributed by atoms with Crippen LogP contribution in [0.2, 0.25) is 5.02 Å². The monoisotopic (exact) mass is 271 g/mol. The summed E-state index contributed by atoms with van der Waals surface area (Å²) in [5.41, 5.74) is 7.57. The molecule has 104 valence electrons. The lowest BCUT2D eigenvalue weighted by atomic mass is 9.78. The maximum Gasteiger partial charge on any atom is 0.0834 e. The van der Waals surface area contributed by atoms with E-state index >= 15 is 0 Å². The molecule has 0 bridgehead atoms. The van der Waals surface area contributed by atoms with Crippen molar-refractivity contribution < 1.29 is 0 Å². The van der Waals surface area contributed by atoms with Crippen LogP contribution in [0.1, 0.15) is 59.2 Å². The molecular formula is C14H26ClN3. The normalized spacial score (nSPS) is 15.7. The molecule has 0 fully saturated rings. The smallest absolute Gasteiger partial charge is 0.0834 e. The summed E-state index contributed by atoms with van der Waals surface area (Å²) in [4.78, 5) is 0. The molecule has 2 N–H and O–H groups in total. The number of hydrogen-bond acceptors (Lipinski definition) is 2. The Labute approximate surface area is 116 Å². The quantitative estimate of drug-likeness (QED) is 0.879. The first kappa shape index (κ1) is 15.5. The Morgan fingerprint density at radius 3 is 2.56 bits per heavy atom. The second-order valence-electron chi connectivity index (χ2n) is 6.21. The van der Waals surface area contributed by atoms with Gasteiger partial charge in [-0.1, -0.05) is 46.2 Å². The SMILES string of the molecule is CCCn1ncc(Cl)c1C(N)CC(C)C(C)(C)C. The van der Waals surface area contributed by atoms with Gasteiger partial charge in [0.15, 0.2) is 0 Å². The topological polar surface area (TPSA) is 43.8 Å². The van der Waals surface area contributed by atoms with E-state index < -0.39 is 0 Å². The summed E-state index contributed by atoms with van der Waals surface area (Å²) in [7, 11) is 0. The molecule has 0 aliphatic carbocycles.